The first-order valence-electron chi connectivity index (χ1n) is 10.7. The minimum absolute atomic E-state index is 0.0785. The predicted octanol–water partition coefficient (Wildman–Crippen LogP) is 4.10. The van der Waals surface area contributed by atoms with Crippen molar-refractivity contribution >= 4 is 16.7 Å². The second kappa shape index (κ2) is 7.12. The van der Waals surface area contributed by atoms with Crippen LogP contribution in [0.1, 0.15) is 45.6 Å². The molecule has 3 heterocycles. The Morgan fingerprint density at radius 1 is 1.14 bits per heavy atom. The molecule has 1 aromatic heterocycles. The molecule has 2 N–H and O–H groups in total. The maximum atomic E-state index is 12.9. The molecule has 0 bridgehead atoms. The number of hydrogen-bond acceptors (Lipinski definition) is 3. The van der Waals surface area contributed by atoms with Gasteiger partial charge < -0.3 is 10.3 Å². The van der Waals surface area contributed by atoms with Crippen LogP contribution in [-0.4, -0.2) is 41.8 Å². The van der Waals surface area contributed by atoms with Gasteiger partial charge in [0.25, 0.3) is 0 Å². The Balaban J connectivity index is 1.43. The summed E-state index contributed by atoms with van der Waals surface area (Å²) in [5, 5.41) is 5.21. The average molecular weight is 388 g/mol. The molecule has 2 aromatic carbocycles. The zero-order valence-electron chi connectivity index (χ0n) is 17.3. The second-order valence-electron chi connectivity index (χ2n) is 8.84. The summed E-state index contributed by atoms with van der Waals surface area (Å²) in [5.74, 6) is 0.213. The number of hydrogen-bond donors (Lipinski definition) is 2. The molecule has 3 aromatic rings. The van der Waals surface area contributed by atoms with Crippen LogP contribution in [0.25, 0.3) is 10.9 Å². The van der Waals surface area contributed by atoms with Crippen molar-refractivity contribution in [1.82, 2.24) is 15.2 Å². The topological polar surface area (TPSA) is 48.1 Å². The summed E-state index contributed by atoms with van der Waals surface area (Å²) in [6, 6.07) is 14.5. The van der Waals surface area contributed by atoms with Crippen LogP contribution >= 0.6 is 0 Å². The molecule has 1 unspecified atom stereocenters. The normalized spacial score (nSPS) is 22.1. The molecule has 0 radical (unpaired) electrons. The summed E-state index contributed by atoms with van der Waals surface area (Å²) in [5.41, 5.74) is 7.31. The first-order chi connectivity index (χ1) is 14.1. The number of aromatic nitrogens is 1. The zero-order valence-corrected chi connectivity index (χ0v) is 17.3. The van der Waals surface area contributed by atoms with Crippen molar-refractivity contribution in [1.29, 1.82) is 0 Å². The second-order valence-corrected chi connectivity index (χ2v) is 8.84. The van der Waals surface area contributed by atoms with E-state index in [9.17, 15) is 4.79 Å². The number of benzene rings is 2. The number of aromatic amines is 1. The van der Waals surface area contributed by atoms with E-state index in [1.807, 2.05) is 24.3 Å². The number of rotatable bonds is 3. The van der Waals surface area contributed by atoms with Gasteiger partial charge in [-0.1, -0.05) is 48.0 Å². The van der Waals surface area contributed by atoms with Crippen LogP contribution < -0.4 is 5.32 Å². The Labute approximate surface area is 172 Å². The van der Waals surface area contributed by atoms with Crippen LogP contribution in [0.4, 0.5) is 0 Å². The fourth-order valence-electron chi connectivity index (χ4n) is 5.26. The number of carbonyl (C=O) groups excluding carboxylic acids is 1. The number of H-pyrrole nitrogens is 1. The molecule has 0 saturated carbocycles. The summed E-state index contributed by atoms with van der Waals surface area (Å²) < 4.78 is 0. The van der Waals surface area contributed by atoms with Crippen LogP contribution in [0.2, 0.25) is 0 Å². The molecule has 2 aliphatic heterocycles. The number of nitrogens with zero attached hydrogens (tertiary/aromatic N) is 1. The molecule has 150 valence electrons. The van der Waals surface area contributed by atoms with E-state index in [0.717, 1.165) is 44.5 Å². The van der Waals surface area contributed by atoms with Gasteiger partial charge in [0.2, 0.25) is 0 Å². The summed E-state index contributed by atoms with van der Waals surface area (Å²) in [6.45, 7) is 7.57. The molecule has 0 aliphatic carbocycles. The molecular weight excluding hydrogens is 358 g/mol. The van der Waals surface area contributed by atoms with E-state index in [0.29, 0.717) is 6.54 Å². The van der Waals surface area contributed by atoms with Gasteiger partial charge in [0.05, 0.1) is 12.1 Å². The molecule has 4 nitrogen and oxygen atoms in total. The van der Waals surface area contributed by atoms with E-state index in [1.165, 1.54) is 33.3 Å². The van der Waals surface area contributed by atoms with Crippen molar-refractivity contribution in [3.63, 3.8) is 0 Å². The average Bonchev–Trinajstić information content (AvgIpc) is 3.11. The Kier molecular flexibility index (Phi) is 4.56. The molecule has 29 heavy (non-hydrogen) atoms. The molecule has 1 saturated heterocycles. The molecular formula is C25H29N3O. The number of nitrogens with one attached hydrogen (secondary N) is 2. The third-order valence-corrected chi connectivity index (χ3v) is 6.78. The van der Waals surface area contributed by atoms with Gasteiger partial charge in [0.15, 0.2) is 5.78 Å². The Morgan fingerprint density at radius 2 is 1.97 bits per heavy atom. The van der Waals surface area contributed by atoms with Crippen molar-refractivity contribution < 1.29 is 4.79 Å². The fourth-order valence-corrected chi connectivity index (χ4v) is 5.26. The first kappa shape index (κ1) is 18.6. The van der Waals surface area contributed by atoms with E-state index in [4.69, 9.17) is 0 Å². The summed E-state index contributed by atoms with van der Waals surface area (Å²) in [6.07, 6.45) is 3.27. The Bertz CT molecular complexity index is 1070. The standard InChI is InChI=1S/C25H29N3O/c1-17-7-9-19(10-8-17)22(29)15-28-14-4-12-25(16-28)24-21(11-13-26-25)20-6-3-5-18(2)23(20)27-24/h3,5-10,26-27H,4,11-16H2,1-2H3. The molecule has 2 aliphatic rings. The lowest BCUT2D eigenvalue weighted by molar-refractivity contribution is 0.0801. The van der Waals surface area contributed by atoms with Gasteiger partial charge >= 0.3 is 0 Å². The lowest BCUT2D eigenvalue weighted by atomic mass is 9.80. The Morgan fingerprint density at radius 3 is 2.79 bits per heavy atom. The summed E-state index contributed by atoms with van der Waals surface area (Å²) >= 11 is 0. The minimum Gasteiger partial charge on any atom is -0.356 e. The van der Waals surface area contributed by atoms with E-state index in [-0.39, 0.29) is 11.3 Å². The van der Waals surface area contributed by atoms with Crippen molar-refractivity contribution in [3.05, 3.63) is 70.4 Å². The van der Waals surface area contributed by atoms with Crippen LogP contribution in [0.3, 0.4) is 0 Å². The van der Waals surface area contributed by atoms with Crippen LogP contribution in [-0.2, 0) is 12.0 Å². The SMILES string of the molecule is Cc1ccc(C(=O)CN2CCCC3(C2)NCCc2c3[nH]c3c(C)cccc23)cc1. The van der Waals surface area contributed by atoms with E-state index in [1.54, 1.807) is 0 Å². The molecule has 1 spiro atoms. The molecule has 0 amide bonds. The van der Waals surface area contributed by atoms with Crippen molar-refractivity contribution in [2.45, 2.75) is 38.6 Å². The summed E-state index contributed by atoms with van der Waals surface area (Å²) in [4.78, 5) is 19.0. The quantitative estimate of drug-likeness (QED) is 0.665. The molecule has 1 fully saturated rings. The highest BCUT2D eigenvalue weighted by Gasteiger charge is 2.42. The van der Waals surface area contributed by atoms with Crippen LogP contribution in [0, 0.1) is 13.8 Å². The highest BCUT2D eigenvalue weighted by atomic mass is 16.1. The monoisotopic (exact) mass is 387 g/mol. The number of carbonyl (C=O) groups is 1. The van der Waals surface area contributed by atoms with Gasteiger partial charge in [-0.3, -0.25) is 9.69 Å². The van der Waals surface area contributed by atoms with Crippen molar-refractivity contribution in [3.8, 4) is 0 Å². The smallest absolute Gasteiger partial charge is 0.176 e. The lowest BCUT2D eigenvalue weighted by Crippen LogP contribution is -2.58. The lowest BCUT2D eigenvalue weighted by Gasteiger charge is -2.45. The number of ketones is 1. The number of aryl methyl sites for hydroxylation is 2. The van der Waals surface area contributed by atoms with Gasteiger partial charge in [0, 0.05) is 35.2 Å². The predicted molar refractivity (Wildman–Crippen MR) is 118 cm³/mol. The molecule has 4 heteroatoms. The van der Waals surface area contributed by atoms with Crippen molar-refractivity contribution in [2.24, 2.45) is 0 Å². The number of Topliss-reactive ketones (excluding diaryl/α,β-unsaturated/α-hetero) is 1. The van der Waals surface area contributed by atoms with Crippen LogP contribution in [0.5, 0.6) is 0 Å². The summed E-state index contributed by atoms with van der Waals surface area (Å²) in [7, 11) is 0. The van der Waals surface area contributed by atoms with E-state index < -0.39 is 0 Å². The largest absolute Gasteiger partial charge is 0.356 e. The zero-order chi connectivity index (χ0) is 20.0. The molecule has 1 atom stereocenters. The first-order valence-corrected chi connectivity index (χ1v) is 10.7. The third-order valence-electron chi connectivity index (χ3n) is 6.78. The number of likely N-dealkylation sites (tertiary alicyclic amines) is 1. The Hall–Kier alpha value is -2.43. The number of piperidine rings is 1. The van der Waals surface area contributed by atoms with E-state index >= 15 is 0 Å². The van der Waals surface area contributed by atoms with Crippen molar-refractivity contribution in [2.75, 3.05) is 26.2 Å². The maximum absolute atomic E-state index is 12.9. The highest BCUT2D eigenvalue weighted by Crippen LogP contribution is 2.39. The number of para-hydroxylation sites is 1. The highest BCUT2D eigenvalue weighted by molar-refractivity contribution is 5.97. The van der Waals surface area contributed by atoms with Gasteiger partial charge in [-0.15, -0.1) is 0 Å². The van der Waals surface area contributed by atoms with Gasteiger partial charge in [-0.2, -0.15) is 0 Å². The van der Waals surface area contributed by atoms with E-state index in [2.05, 4.69) is 47.2 Å². The maximum Gasteiger partial charge on any atom is 0.176 e. The molecule has 5 rings (SSSR count). The van der Waals surface area contributed by atoms with Gasteiger partial charge in [-0.05, 0) is 50.8 Å². The van der Waals surface area contributed by atoms with Gasteiger partial charge in [-0.25, -0.2) is 0 Å². The fraction of sp³-hybridized carbons (Fsp3) is 0.400. The minimum atomic E-state index is -0.0785. The van der Waals surface area contributed by atoms with Crippen LogP contribution in [0.15, 0.2) is 42.5 Å². The third kappa shape index (κ3) is 3.21. The number of fused-ring (bicyclic) bond motifs is 4. The van der Waals surface area contributed by atoms with Gasteiger partial charge in [0.1, 0.15) is 0 Å².